The van der Waals surface area contributed by atoms with Crippen molar-refractivity contribution < 1.29 is 0 Å². The largest absolute Gasteiger partial charge is 0.309 e. The number of rotatable bonds is 9. The van der Waals surface area contributed by atoms with Crippen LogP contribution in [0.25, 0.3) is 150 Å². The lowest BCUT2D eigenvalue weighted by Gasteiger charge is -2.22. The van der Waals surface area contributed by atoms with Crippen LogP contribution in [0.1, 0.15) is 5.56 Å². The number of fused-ring (bicyclic) bond motifs is 9. The molecule has 4 aromatic heterocycles. The Balaban J connectivity index is 1.04. The summed E-state index contributed by atoms with van der Waals surface area (Å²) in [6.07, 6.45) is 0. The van der Waals surface area contributed by atoms with Crippen molar-refractivity contribution in [2.45, 2.75) is 0 Å². The highest BCUT2D eigenvalue weighted by Gasteiger charge is 2.25. The molecule has 16 rings (SSSR count). The van der Waals surface area contributed by atoms with Crippen LogP contribution in [0.3, 0.4) is 0 Å². The average Bonchev–Trinajstić information content (AvgIpc) is 4.03. The summed E-state index contributed by atoms with van der Waals surface area (Å²) >= 11 is 0. The summed E-state index contributed by atoms with van der Waals surface area (Å²) in [4.78, 5) is 11.0. The second kappa shape index (κ2) is 19.5. The van der Waals surface area contributed by atoms with Crippen molar-refractivity contribution in [3.05, 3.63) is 297 Å². The van der Waals surface area contributed by atoms with Crippen LogP contribution in [0.2, 0.25) is 0 Å². The van der Waals surface area contributed by atoms with Gasteiger partial charge in [-0.05, 0) is 113 Å². The highest BCUT2D eigenvalue weighted by molar-refractivity contribution is 6.13. The Morgan fingerprint density at radius 1 is 0.265 bits per heavy atom. The van der Waals surface area contributed by atoms with Gasteiger partial charge in [0.1, 0.15) is 0 Å². The molecule has 386 valence electrons. The molecular formula is C77H48N6. The van der Waals surface area contributed by atoms with Crippen LogP contribution in [0.5, 0.6) is 0 Å². The second-order valence-electron chi connectivity index (χ2n) is 21.2. The number of nitrogens with zero attached hydrogens (tertiary/aromatic N) is 6. The minimum Gasteiger partial charge on any atom is -0.309 e. The molecule has 6 heteroatoms. The van der Waals surface area contributed by atoms with E-state index < -0.39 is 0 Å². The molecule has 83 heavy (non-hydrogen) atoms. The number of nitriles is 1. The van der Waals surface area contributed by atoms with Crippen LogP contribution in [-0.2, 0) is 0 Å². The molecule has 0 radical (unpaired) electrons. The molecule has 16 aromatic rings. The first-order chi connectivity index (χ1) is 41.1. The van der Waals surface area contributed by atoms with E-state index in [4.69, 9.17) is 9.97 Å². The lowest BCUT2D eigenvalue weighted by Crippen LogP contribution is -2.04. The molecular weight excluding hydrogens is 1010 g/mol. The van der Waals surface area contributed by atoms with Crippen LogP contribution in [0.4, 0.5) is 0 Å². The Bertz CT molecular complexity index is 4950. The van der Waals surface area contributed by atoms with Gasteiger partial charge in [-0.1, -0.05) is 200 Å². The van der Waals surface area contributed by atoms with Gasteiger partial charge in [0.15, 0.2) is 5.82 Å². The fraction of sp³-hybridized carbons (Fsp3) is 0. The third-order valence-electron chi connectivity index (χ3n) is 16.5. The fourth-order valence-electron chi connectivity index (χ4n) is 12.8. The van der Waals surface area contributed by atoms with E-state index >= 15 is 0 Å². The standard InChI is InChI=1S/C77H48N6/c78-49-55-25-7-8-30-59(55)54-41-42-75-67(45-54)64-35-13-18-40-74(64)83(75)76-65(52-26-19-28-57(43-52)81-70-36-14-9-31-60(70)61-32-10-15-37-71(61)81)46-56(77-79-68(50-21-3-1-4-22-50)48-69(80-77)51-23-5-2-6-24-51)47-66(76)53-27-20-29-58(44-53)82-72-38-16-11-33-62(72)63-34-12-17-39-73(63)82/h1-48H. The summed E-state index contributed by atoms with van der Waals surface area (Å²) in [5, 5.41) is 17.3. The van der Waals surface area contributed by atoms with Crippen molar-refractivity contribution in [2.75, 3.05) is 0 Å². The number of benzene rings is 12. The number of hydrogen-bond acceptors (Lipinski definition) is 3. The van der Waals surface area contributed by atoms with Gasteiger partial charge in [-0.3, -0.25) is 0 Å². The molecule has 4 heterocycles. The molecule has 0 saturated carbocycles. The molecule has 0 amide bonds. The van der Waals surface area contributed by atoms with Gasteiger partial charge in [0.25, 0.3) is 0 Å². The van der Waals surface area contributed by atoms with Gasteiger partial charge in [0.05, 0.1) is 61.8 Å². The smallest absolute Gasteiger partial charge is 0.160 e. The second-order valence-corrected chi connectivity index (χ2v) is 21.2. The summed E-state index contributed by atoms with van der Waals surface area (Å²) < 4.78 is 7.26. The van der Waals surface area contributed by atoms with E-state index in [1.54, 1.807) is 0 Å². The average molecular weight is 1060 g/mol. The van der Waals surface area contributed by atoms with E-state index in [0.29, 0.717) is 11.4 Å². The monoisotopic (exact) mass is 1060 g/mol. The van der Waals surface area contributed by atoms with E-state index in [0.717, 1.165) is 122 Å². The van der Waals surface area contributed by atoms with Crippen molar-refractivity contribution in [2.24, 2.45) is 0 Å². The molecule has 0 atom stereocenters. The molecule has 12 aromatic carbocycles. The minimum absolute atomic E-state index is 0.611. The highest BCUT2D eigenvalue weighted by Crippen LogP contribution is 2.46. The van der Waals surface area contributed by atoms with Gasteiger partial charge in [-0.15, -0.1) is 0 Å². The van der Waals surface area contributed by atoms with E-state index in [1.807, 2.05) is 36.4 Å². The van der Waals surface area contributed by atoms with Crippen LogP contribution in [0.15, 0.2) is 291 Å². The van der Waals surface area contributed by atoms with Crippen LogP contribution < -0.4 is 0 Å². The normalized spacial score (nSPS) is 11.6. The minimum atomic E-state index is 0.611. The maximum absolute atomic E-state index is 10.3. The van der Waals surface area contributed by atoms with Gasteiger partial charge in [0, 0.05) is 71.5 Å². The molecule has 0 N–H and O–H groups in total. The Kier molecular flexibility index (Phi) is 11.2. The van der Waals surface area contributed by atoms with Gasteiger partial charge in [0.2, 0.25) is 0 Å². The topological polar surface area (TPSA) is 64.4 Å². The predicted molar refractivity (Wildman–Crippen MR) is 342 cm³/mol. The van der Waals surface area contributed by atoms with Crippen molar-refractivity contribution in [1.82, 2.24) is 23.7 Å². The molecule has 0 aliphatic rings. The zero-order valence-electron chi connectivity index (χ0n) is 44.9. The Morgan fingerprint density at radius 2 is 0.651 bits per heavy atom. The summed E-state index contributed by atoms with van der Waals surface area (Å²) in [6.45, 7) is 0. The Hall–Kier alpha value is -11.4. The first-order valence-electron chi connectivity index (χ1n) is 28.0. The number of hydrogen-bond donors (Lipinski definition) is 0. The van der Waals surface area contributed by atoms with Crippen LogP contribution >= 0.6 is 0 Å². The van der Waals surface area contributed by atoms with Crippen molar-refractivity contribution >= 4 is 65.4 Å². The van der Waals surface area contributed by atoms with E-state index in [-0.39, 0.29) is 0 Å². The molecule has 0 saturated heterocycles. The lowest BCUT2D eigenvalue weighted by molar-refractivity contribution is 1.16. The van der Waals surface area contributed by atoms with E-state index in [2.05, 4.69) is 275 Å². The molecule has 0 bridgehead atoms. The Morgan fingerprint density at radius 3 is 1.13 bits per heavy atom. The van der Waals surface area contributed by atoms with Crippen LogP contribution in [0, 0.1) is 11.3 Å². The lowest BCUT2D eigenvalue weighted by atomic mass is 9.91. The van der Waals surface area contributed by atoms with Crippen molar-refractivity contribution in [1.29, 1.82) is 5.26 Å². The maximum atomic E-state index is 10.3. The zero-order valence-corrected chi connectivity index (χ0v) is 44.9. The fourth-order valence-corrected chi connectivity index (χ4v) is 12.8. The summed E-state index contributed by atoms with van der Waals surface area (Å²) in [6, 6.07) is 106. The first-order valence-corrected chi connectivity index (χ1v) is 28.0. The van der Waals surface area contributed by atoms with Gasteiger partial charge < -0.3 is 13.7 Å². The maximum Gasteiger partial charge on any atom is 0.160 e. The number of para-hydroxylation sites is 5. The summed E-state index contributed by atoms with van der Waals surface area (Å²) in [5.74, 6) is 0.611. The molecule has 0 fully saturated rings. The molecule has 0 aliphatic heterocycles. The molecule has 0 unspecified atom stereocenters. The third-order valence-corrected chi connectivity index (χ3v) is 16.5. The van der Waals surface area contributed by atoms with Gasteiger partial charge >= 0.3 is 0 Å². The quantitative estimate of drug-likeness (QED) is 0.145. The zero-order chi connectivity index (χ0) is 55.0. The highest BCUT2D eigenvalue weighted by atomic mass is 15.0. The Labute approximate surface area is 478 Å². The van der Waals surface area contributed by atoms with Gasteiger partial charge in [-0.25, -0.2) is 9.97 Å². The summed E-state index contributed by atoms with van der Waals surface area (Å²) in [5.41, 5.74) is 20.8. The molecule has 6 nitrogen and oxygen atoms in total. The van der Waals surface area contributed by atoms with Crippen molar-refractivity contribution in [3.63, 3.8) is 0 Å². The van der Waals surface area contributed by atoms with E-state index in [9.17, 15) is 5.26 Å². The predicted octanol–water partition coefficient (Wildman–Crippen LogP) is 19.6. The van der Waals surface area contributed by atoms with E-state index in [1.165, 1.54) is 21.5 Å². The molecule has 0 spiro atoms. The van der Waals surface area contributed by atoms with Gasteiger partial charge in [-0.2, -0.15) is 5.26 Å². The number of aromatic nitrogens is 5. The summed E-state index contributed by atoms with van der Waals surface area (Å²) in [7, 11) is 0. The first kappa shape index (κ1) is 47.6. The van der Waals surface area contributed by atoms with Crippen molar-refractivity contribution in [3.8, 4) is 90.4 Å². The third kappa shape index (κ3) is 7.86. The SMILES string of the molecule is N#Cc1ccccc1-c1ccc2c(c1)c1ccccc1n2-c1c(-c2cccc(-n3c4ccccc4c4ccccc43)c2)cc(-c2nc(-c3ccccc3)cc(-c3ccccc3)n2)cc1-c1cccc(-n2c3ccccc3c3ccccc32)c1. The molecule has 0 aliphatic carbocycles. The van der Waals surface area contributed by atoms with Crippen LogP contribution in [-0.4, -0.2) is 23.7 Å².